The van der Waals surface area contributed by atoms with Crippen LogP contribution < -0.4 is 4.74 Å². The molecule has 2 rings (SSSR count). The van der Waals surface area contributed by atoms with Crippen LogP contribution in [0.3, 0.4) is 0 Å². The first-order chi connectivity index (χ1) is 11.4. The van der Waals surface area contributed by atoms with Crippen LogP contribution in [0, 0.1) is 10.1 Å². The van der Waals surface area contributed by atoms with Crippen LogP contribution in [0.4, 0.5) is 5.69 Å². The van der Waals surface area contributed by atoms with Crippen LogP contribution in [0.25, 0.3) is 0 Å². The van der Waals surface area contributed by atoms with Gasteiger partial charge in [-0.2, -0.15) is 0 Å². The number of hydrogen-bond donors (Lipinski definition) is 1. The minimum absolute atomic E-state index is 0.0211. The predicted molar refractivity (Wildman–Crippen MR) is 82.5 cm³/mol. The number of rotatable bonds is 6. The lowest BCUT2D eigenvalue weighted by Crippen LogP contribution is -2.07. The molecule has 0 heterocycles. The summed E-state index contributed by atoms with van der Waals surface area (Å²) < 4.78 is 10.3. The van der Waals surface area contributed by atoms with Gasteiger partial charge in [-0.05, 0) is 31.2 Å². The largest absolute Gasteiger partial charge is 0.478 e. The Labute approximate surface area is 136 Å². The maximum absolute atomic E-state index is 11.8. The molecule has 0 fully saturated rings. The second-order valence-electron chi connectivity index (χ2n) is 4.60. The van der Waals surface area contributed by atoms with Gasteiger partial charge in [-0.25, -0.2) is 9.59 Å². The summed E-state index contributed by atoms with van der Waals surface area (Å²) in [7, 11) is 0. The number of nitro groups is 1. The fourth-order valence-corrected chi connectivity index (χ4v) is 1.94. The summed E-state index contributed by atoms with van der Waals surface area (Å²) in [6.45, 7) is 1.74. The van der Waals surface area contributed by atoms with Crippen molar-refractivity contribution in [2.45, 2.75) is 6.92 Å². The first kappa shape index (κ1) is 16.9. The van der Waals surface area contributed by atoms with Gasteiger partial charge in [0.15, 0.2) is 0 Å². The average molecular weight is 331 g/mol. The molecule has 0 aromatic heterocycles. The molecule has 1 N–H and O–H groups in total. The molecule has 0 unspecified atom stereocenters. The third-order valence-corrected chi connectivity index (χ3v) is 2.95. The first-order valence-corrected chi connectivity index (χ1v) is 6.89. The lowest BCUT2D eigenvalue weighted by atomic mass is 10.1. The summed E-state index contributed by atoms with van der Waals surface area (Å²) in [5, 5.41) is 20.1. The second kappa shape index (κ2) is 7.23. The van der Waals surface area contributed by atoms with Crippen molar-refractivity contribution >= 4 is 17.6 Å². The maximum atomic E-state index is 11.8. The van der Waals surface area contributed by atoms with Crippen molar-refractivity contribution in [1.82, 2.24) is 0 Å². The molecule has 124 valence electrons. The molecular formula is C16H13NO7. The van der Waals surface area contributed by atoms with E-state index >= 15 is 0 Å². The van der Waals surface area contributed by atoms with Gasteiger partial charge >= 0.3 is 17.6 Å². The molecule has 2 aromatic carbocycles. The van der Waals surface area contributed by atoms with Crippen molar-refractivity contribution in [2.75, 3.05) is 6.61 Å². The monoisotopic (exact) mass is 331 g/mol. The van der Waals surface area contributed by atoms with Crippen molar-refractivity contribution in [2.24, 2.45) is 0 Å². The number of esters is 1. The number of ether oxygens (including phenoxy) is 2. The summed E-state index contributed by atoms with van der Waals surface area (Å²) in [4.78, 5) is 33.4. The molecular weight excluding hydrogens is 318 g/mol. The number of carbonyl (C=O) groups excluding carboxylic acids is 1. The molecule has 0 saturated carbocycles. The van der Waals surface area contributed by atoms with Crippen molar-refractivity contribution in [1.29, 1.82) is 0 Å². The van der Waals surface area contributed by atoms with E-state index in [1.54, 1.807) is 6.92 Å². The average Bonchev–Trinajstić information content (AvgIpc) is 2.55. The van der Waals surface area contributed by atoms with Crippen LogP contribution in [0.2, 0.25) is 0 Å². The summed E-state index contributed by atoms with van der Waals surface area (Å²) >= 11 is 0. The minimum Gasteiger partial charge on any atom is -0.478 e. The number of aromatic carboxylic acids is 1. The maximum Gasteiger partial charge on any atom is 0.338 e. The molecule has 24 heavy (non-hydrogen) atoms. The number of carboxylic acids is 1. The third kappa shape index (κ3) is 3.86. The topological polar surface area (TPSA) is 116 Å². The van der Waals surface area contributed by atoms with E-state index in [0.717, 1.165) is 6.07 Å². The van der Waals surface area contributed by atoms with Gasteiger partial charge in [0, 0.05) is 6.07 Å². The van der Waals surface area contributed by atoms with E-state index in [2.05, 4.69) is 0 Å². The molecule has 0 atom stereocenters. The van der Waals surface area contributed by atoms with E-state index in [-0.39, 0.29) is 34.9 Å². The van der Waals surface area contributed by atoms with Crippen LogP contribution in [0.1, 0.15) is 27.6 Å². The van der Waals surface area contributed by atoms with E-state index in [4.69, 9.17) is 14.6 Å². The zero-order valence-electron chi connectivity index (χ0n) is 12.6. The van der Waals surface area contributed by atoms with E-state index in [9.17, 15) is 19.7 Å². The quantitative estimate of drug-likeness (QED) is 0.490. The number of carboxylic acid groups (broad SMARTS) is 1. The standard InChI is InChI=1S/C16H13NO7/c1-2-23-16(20)11-7-10(15(18)19)8-12(9-11)24-14-6-4-3-5-13(14)17(21)22/h3-9H,2H2,1H3,(H,18,19). The highest BCUT2D eigenvalue weighted by molar-refractivity contribution is 5.95. The Balaban J connectivity index is 2.45. The van der Waals surface area contributed by atoms with Crippen LogP contribution in [0.15, 0.2) is 42.5 Å². The summed E-state index contributed by atoms with van der Waals surface area (Å²) in [5.41, 5.74) is -0.504. The lowest BCUT2D eigenvalue weighted by molar-refractivity contribution is -0.385. The van der Waals surface area contributed by atoms with Gasteiger partial charge in [-0.1, -0.05) is 12.1 Å². The zero-order valence-corrected chi connectivity index (χ0v) is 12.6. The van der Waals surface area contributed by atoms with Gasteiger partial charge < -0.3 is 14.6 Å². The fraction of sp³-hybridized carbons (Fsp3) is 0.125. The molecule has 0 spiro atoms. The van der Waals surface area contributed by atoms with Crippen molar-refractivity contribution in [3.05, 3.63) is 63.7 Å². The summed E-state index contributed by atoms with van der Waals surface area (Å²) in [6.07, 6.45) is 0. The molecule has 8 heteroatoms. The SMILES string of the molecule is CCOC(=O)c1cc(Oc2ccccc2[N+](=O)[O-])cc(C(=O)O)c1. The van der Waals surface area contributed by atoms with Crippen LogP contribution in [-0.4, -0.2) is 28.6 Å². The molecule has 2 aromatic rings. The second-order valence-corrected chi connectivity index (χ2v) is 4.60. The van der Waals surface area contributed by atoms with E-state index in [1.807, 2.05) is 0 Å². The molecule has 0 bridgehead atoms. The molecule has 0 radical (unpaired) electrons. The van der Waals surface area contributed by atoms with Gasteiger partial charge in [0.1, 0.15) is 5.75 Å². The highest BCUT2D eigenvalue weighted by Gasteiger charge is 2.18. The number of nitro benzene ring substituents is 1. The molecule has 8 nitrogen and oxygen atoms in total. The van der Waals surface area contributed by atoms with Gasteiger partial charge in [-0.3, -0.25) is 10.1 Å². The van der Waals surface area contributed by atoms with E-state index in [1.165, 1.54) is 36.4 Å². The Morgan fingerprint density at radius 1 is 1.17 bits per heavy atom. The van der Waals surface area contributed by atoms with Crippen LogP contribution in [-0.2, 0) is 4.74 Å². The van der Waals surface area contributed by atoms with Crippen LogP contribution >= 0.6 is 0 Å². The number of benzene rings is 2. The van der Waals surface area contributed by atoms with Crippen molar-refractivity contribution in [3.8, 4) is 11.5 Å². The van der Waals surface area contributed by atoms with Gasteiger partial charge in [0.2, 0.25) is 5.75 Å². The number of para-hydroxylation sites is 2. The Hall–Kier alpha value is -3.42. The van der Waals surface area contributed by atoms with E-state index in [0.29, 0.717) is 0 Å². The Morgan fingerprint density at radius 2 is 1.83 bits per heavy atom. The number of hydrogen-bond acceptors (Lipinski definition) is 6. The molecule has 0 saturated heterocycles. The van der Waals surface area contributed by atoms with Crippen molar-refractivity contribution in [3.63, 3.8) is 0 Å². The van der Waals surface area contributed by atoms with Crippen molar-refractivity contribution < 1.29 is 29.1 Å². The Bertz CT molecular complexity index is 801. The highest BCUT2D eigenvalue weighted by Crippen LogP contribution is 2.31. The molecule has 0 aliphatic rings. The normalized spacial score (nSPS) is 10.0. The summed E-state index contributed by atoms with van der Waals surface area (Å²) in [6, 6.07) is 9.21. The molecule has 0 amide bonds. The number of carbonyl (C=O) groups is 2. The third-order valence-electron chi connectivity index (χ3n) is 2.95. The molecule has 0 aliphatic heterocycles. The predicted octanol–water partition coefficient (Wildman–Crippen LogP) is 3.26. The Kier molecular flexibility index (Phi) is 5.10. The zero-order chi connectivity index (χ0) is 17.7. The fourth-order valence-electron chi connectivity index (χ4n) is 1.94. The lowest BCUT2D eigenvalue weighted by Gasteiger charge is -2.09. The van der Waals surface area contributed by atoms with E-state index < -0.39 is 16.9 Å². The highest BCUT2D eigenvalue weighted by atomic mass is 16.6. The van der Waals surface area contributed by atoms with Gasteiger partial charge in [0.05, 0.1) is 22.7 Å². The van der Waals surface area contributed by atoms with Gasteiger partial charge in [0.25, 0.3) is 0 Å². The summed E-state index contributed by atoms with van der Waals surface area (Å²) in [5.74, 6) is -2.08. The first-order valence-electron chi connectivity index (χ1n) is 6.89. The smallest absolute Gasteiger partial charge is 0.338 e. The Morgan fingerprint density at radius 3 is 2.46 bits per heavy atom. The van der Waals surface area contributed by atoms with Gasteiger partial charge in [-0.15, -0.1) is 0 Å². The molecule has 0 aliphatic carbocycles. The minimum atomic E-state index is -1.27. The number of nitrogens with zero attached hydrogens (tertiary/aromatic N) is 1. The van der Waals surface area contributed by atoms with Crippen LogP contribution in [0.5, 0.6) is 11.5 Å².